The van der Waals surface area contributed by atoms with Crippen LogP contribution < -0.4 is 5.32 Å². The van der Waals surface area contributed by atoms with Crippen molar-refractivity contribution in [1.29, 1.82) is 0 Å². The van der Waals surface area contributed by atoms with Crippen molar-refractivity contribution in [3.05, 3.63) is 88.4 Å². The topological polar surface area (TPSA) is 72.8 Å². The molecule has 3 aromatic rings. The number of nitrogens with zero attached hydrogens (tertiary/aromatic N) is 1. The SMILES string of the molecule is O=C1c2ccccc2NC(c2cc(O)c(O)c(Cl)c2)N1CCc1ccccc1. The number of benzene rings is 3. The van der Waals surface area contributed by atoms with Crippen LogP contribution in [0.4, 0.5) is 5.69 Å². The Bertz CT molecular complexity index is 1000. The number of nitrogens with one attached hydrogen (secondary N) is 1. The maximum Gasteiger partial charge on any atom is 0.257 e. The summed E-state index contributed by atoms with van der Waals surface area (Å²) in [5.74, 6) is -0.790. The zero-order valence-corrected chi connectivity index (χ0v) is 15.7. The number of anilines is 1. The molecule has 0 fully saturated rings. The molecule has 0 aliphatic carbocycles. The second kappa shape index (κ2) is 7.44. The molecule has 1 heterocycles. The molecule has 0 spiro atoms. The third-order valence-corrected chi connectivity index (χ3v) is 5.18. The molecule has 0 bridgehead atoms. The third kappa shape index (κ3) is 3.37. The summed E-state index contributed by atoms with van der Waals surface area (Å²) in [4.78, 5) is 14.9. The highest BCUT2D eigenvalue weighted by molar-refractivity contribution is 6.32. The van der Waals surface area contributed by atoms with Gasteiger partial charge in [-0.15, -0.1) is 0 Å². The number of carbonyl (C=O) groups is 1. The van der Waals surface area contributed by atoms with E-state index < -0.39 is 6.17 Å². The summed E-state index contributed by atoms with van der Waals surface area (Å²) >= 11 is 6.05. The van der Waals surface area contributed by atoms with E-state index in [1.54, 1.807) is 17.0 Å². The number of para-hydroxylation sites is 1. The number of rotatable bonds is 4. The Labute approximate surface area is 167 Å². The van der Waals surface area contributed by atoms with Crippen LogP contribution in [0.5, 0.6) is 11.5 Å². The Balaban J connectivity index is 1.72. The fourth-order valence-corrected chi connectivity index (χ4v) is 3.67. The minimum absolute atomic E-state index is 0.0334. The van der Waals surface area contributed by atoms with E-state index in [1.165, 1.54) is 6.07 Å². The fourth-order valence-electron chi connectivity index (χ4n) is 3.44. The number of hydrogen-bond acceptors (Lipinski definition) is 4. The van der Waals surface area contributed by atoms with Crippen LogP contribution in [0.15, 0.2) is 66.7 Å². The molecule has 0 saturated heterocycles. The summed E-state index contributed by atoms with van der Waals surface area (Å²) in [6.07, 6.45) is 0.167. The fraction of sp³-hybridized carbons (Fsp3) is 0.136. The van der Waals surface area contributed by atoms with Gasteiger partial charge >= 0.3 is 0 Å². The van der Waals surface area contributed by atoms with Crippen molar-refractivity contribution in [3.8, 4) is 11.5 Å². The summed E-state index contributed by atoms with van der Waals surface area (Å²) < 4.78 is 0. The Morgan fingerprint density at radius 1 is 1.00 bits per heavy atom. The van der Waals surface area contributed by atoms with Gasteiger partial charge in [-0.2, -0.15) is 0 Å². The van der Waals surface area contributed by atoms with Gasteiger partial charge in [-0.3, -0.25) is 4.79 Å². The summed E-state index contributed by atoms with van der Waals surface area (Å²) in [7, 11) is 0. The summed E-state index contributed by atoms with van der Waals surface area (Å²) in [5, 5.41) is 23.2. The molecule has 1 atom stereocenters. The van der Waals surface area contributed by atoms with Crippen LogP contribution in [0.3, 0.4) is 0 Å². The molecule has 0 saturated carbocycles. The largest absolute Gasteiger partial charge is 0.504 e. The van der Waals surface area contributed by atoms with E-state index in [0.29, 0.717) is 24.1 Å². The Kier molecular flexibility index (Phi) is 4.84. The van der Waals surface area contributed by atoms with Gasteiger partial charge in [0.2, 0.25) is 0 Å². The van der Waals surface area contributed by atoms with Gasteiger partial charge in [0.1, 0.15) is 6.17 Å². The first kappa shape index (κ1) is 18.2. The monoisotopic (exact) mass is 394 g/mol. The van der Waals surface area contributed by atoms with Crippen LogP contribution in [-0.4, -0.2) is 27.6 Å². The predicted octanol–water partition coefficient (Wildman–Crippen LogP) is 4.56. The molecule has 1 amide bonds. The second-order valence-electron chi connectivity index (χ2n) is 6.70. The Morgan fingerprint density at radius 3 is 2.46 bits per heavy atom. The summed E-state index contributed by atoms with van der Waals surface area (Å²) in [6.45, 7) is 0.480. The zero-order valence-electron chi connectivity index (χ0n) is 15.0. The number of hydrogen-bond donors (Lipinski definition) is 3. The smallest absolute Gasteiger partial charge is 0.257 e. The number of carbonyl (C=O) groups excluding carboxylic acids is 1. The quantitative estimate of drug-likeness (QED) is 0.567. The molecular formula is C22H19ClN2O3. The molecule has 4 rings (SSSR count). The molecule has 1 aliphatic heterocycles. The van der Waals surface area contributed by atoms with Gasteiger partial charge in [-0.05, 0) is 36.2 Å². The molecule has 0 radical (unpaired) electrons. The molecule has 6 heteroatoms. The van der Waals surface area contributed by atoms with Gasteiger partial charge in [0.05, 0.1) is 10.6 Å². The minimum Gasteiger partial charge on any atom is -0.504 e. The number of phenolic OH excluding ortho intramolecular Hbond substituents is 2. The average Bonchev–Trinajstić information content (AvgIpc) is 2.71. The number of amides is 1. The predicted molar refractivity (Wildman–Crippen MR) is 109 cm³/mol. The third-order valence-electron chi connectivity index (χ3n) is 4.89. The van der Waals surface area contributed by atoms with Crippen molar-refractivity contribution < 1.29 is 15.0 Å². The van der Waals surface area contributed by atoms with E-state index in [-0.39, 0.29) is 22.4 Å². The van der Waals surface area contributed by atoms with Crippen LogP contribution in [0, 0.1) is 0 Å². The zero-order chi connectivity index (χ0) is 19.7. The van der Waals surface area contributed by atoms with Gasteiger partial charge < -0.3 is 20.4 Å². The molecule has 3 aromatic carbocycles. The Morgan fingerprint density at radius 2 is 1.71 bits per heavy atom. The number of aromatic hydroxyl groups is 2. The highest BCUT2D eigenvalue weighted by Gasteiger charge is 2.33. The van der Waals surface area contributed by atoms with Gasteiger partial charge in [0.25, 0.3) is 5.91 Å². The van der Waals surface area contributed by atoms with Crippen LogP contribution in [0.1, 0.15) is 27.7 Å². The summed E-state index contributed by atoms with van der Waals surface area (Å²) in [6, 6.07) is 20.2. The maximum absolute atomic E-state index is 13.2. The van der Waals surface area contributed by atoms with E-state index in [0.717, 1.165) is 11.3 Å². The molecule has 142 valence electrons. The Hall–Kier alpha value is -3.18. The first-order valence-corrected chi connectivity index (χ1v) is 9.34. The van der Waals surface area contributed by atoms with Crippen molar-refractivity contribution in [3.63, 3.8) is 0 Å². The van der Waals surface area contributed by atoms with Gasteiger partial charge in [0.15, 0.2) is 11.5 Å². The molecule has 1 aliphatic rings. The lowest BCUT2D eigenvalue weighted by Crippen LogP contribution is -2.44. The van der Waals surface area contributed by atoms with Gasteiger partial charge in [-0.25, -0.2) is 0 Å². The second-order valence-corrected chi connectivity index (χ2v) is 7.10. The molecule has 3 N–H and O–H groups in total. The van der Waals surface area contributed by atoms with Crippen LogP contribution in [0.25, 0.3) is 0 Å². The van der Waals surface area contributed by atoms with E-state index in [4.69, 9.17) is 11.6 Å². The first-order valence-electron chi connectivity index (χ1n) is 8.96. The number of phenols is 2. The molecule has 1 unspecified atom stereocenters. The molecule has 0 aromatic heterocycles. The average molecular weight is 395 g/mol. The summed E-state index contributed by atoms with van der Waals surface area (Å²) in [5.41, 5.74) is 3.04. The lowest BCUT2D eigenvalue weighted by atomic mass is 10.0. The van der Waals surface area contributed by atoms with Crippen molar-refractivity contribution in [1.82, 2.24) is 4.90 Å². The lowest BCUT2D eigenvalue weighted by molar-refractivity contribution is 0.0685. The van der Waals surface area contributed by atoms with Crippen molar-refractivity contribution in [2.75, 3.05) is 11.9 Å². The normalized spacial score (nSPS) is 15.8. The van der Waals surface area contributed by atoms with Crippen LogP contribution in [-0.2, 0) is 6.42 Å². The molecular weight excluding hydrogens is 376 g/mol. The standard InChI is InChI=1S/C22H19ClN2O3/c23-17-12-15(13-19(26)20(17)27)21-24-18-9-5-4-8-16(18)22(28)25(21)11-10-14-6-2-1-3-7-14/h1-9,12-13,21,24,26-27H,10-11H2. The van der Waals surface area contributed by atoms with Crippen LogP contribution >= 0.6 is 11.6 Å². The van der Waals surface area contributed by atoms with E-state index in [9.17, 15) is 15.0 Å². The highest BCUT2D eigenvalue weighted by atomic mass is 35.5. The van der Waals surface area contributed by atoms with E-state index in [1.807, 2.05) is 48.5 Å². The van der Waals surface area contributed by atoms with Crippen molar-refractivity contribution >= 4 is 23.2 Å². The minimum atomic E-state index is -0.518. The van der Waals surface area contributed by atoms with Crippen LogP contribution in [0.2, 0.25) is 5.02 Å². The maximum atomic E-state index is 13.2. The van der Waals surface area contributed by atoms with Gasteiger partial charge in [-0.1, -0.05) is 54.1 Å². The molecule has 28 heavy (non-hydrogen) atoms. The first-order chi connectivity index (χ1) is 13.5. The number of fused-ring (bicyclic) bond motifs is 1. The lowest BCUT2D eigenvalue weighted by Gasteiger charge is -2.38. The number of halogens is 1. The van der Waals surface area contributed by atoms with E-state index >= 15 is 0 Å². The van der Waals surface area contributed by atoms with Crippen molar-refractivity contribution in [2.24, 2.45) is 0 Å². The highest BCUT2D eigenvalue weighted by Crippen LogP contribution is 2.39. The van der Waals surface area contributed by atoms with E-state index in [2.05, 4.69) is 5.32 Å². The van der Waals surface area contributed by atoms with Gasteiger partial charge in [0, 0.05) is 17.8 Å². The van der Waals surface area contributed by atoms with Crippen molar-refractivity contribution in [2.45, 2.75) is 12.6 Å². The molecule has 5 nitrogen and oxygen atoms in total.